The quantitative estimate of drug-likeness (QED) is 0.734. The van der Waals surface area contributed by atoms with E-state index in [0.29, 0.717) is 30.2 Å². The van der Waals surface area contributed by atoms with Crippen molar-refractivity contribution < 1.29 is 14.3 Å². The van der Waals surface area contributed by atoms with E-state index in [1.807, 2.05) is 17.9 Å². The van der Waals surface area contributed by atoms with Crippen LogP contribution < -0.4 is 15.4 Å². The number of carbonyl (C=O) groups is 2. The van der Waals surface area contributed by atoms with E-state index in [0.717, 1.165) is 19.6 Å². The van der Waals surface area contributed by atoms with Crippen molar-refractivity contribution in [3.05, 3.63) is 54.1 Å². The summed E-state index contributed by atoms with van der Waals surface area (Å²) in [6, 6.07) is 15.3. The second-order valence-corrected chi connectivity index (χ2v) is 7.55. The van der Waals surface area contributed by atoms with Gasteiger partial charge in [-0.1, -0.05) is 30.3 Å². The number of nitrogens with one attached hydrogen (secondary N) is 2. The Kier molecular flexibility index (Phi) is 7.30. The largest absolute Gasteiger partial charge is 0.495 e. The molecule has 1 aliphatic heterocycles. The summed E-state index contributed by atoms with van der Waals surface area (Å²) in [6.45, 7) is 7.35. The Balaban J connectivity index is 1.56. The minimum absolute atomic E-state index is 0.0568. The Labute approximate surface area is 178 Å². The van der Waals surface area contributed by atoms with Crippen molar-refractivity contribution in [2.45, 2.75) is 26.4 Å². The van der Waals surface area contributed by atoms with E-state index in [-0.39, 0.29) is 11.8 Å². The van der Waals surface area contributed by atoms with Gasteiger partial charge in [0.15, 0.2) is 0 Å². The van der Waals surface area contributed by atoms with Crippen LogP contribution in [0.3, 0.4) is 0 Å². The fourth-order valence-electron chi connectivity index (χ4n) is 3.64. The maximum Gasteiger partial charge on any atom is 0.244 e. The molecule has 1 aliphatic rings. The third-order valence-electron chi connectivity index (χ3n) is 5.20. The lowest BCUT2D eigenvalue weighted by molar-refractivity contribution is -0.133. The number of piperazine rings is 1. The van der Waals surface area contributed by atoms with Crippen LogP contribution in [0.2, 0.25) is 0 Å². The van der Waals surface area contributed by atoms with Gasteiger partial charge in [-0.3, -0.25) is 14.5 Å². The van der Waals surface area contributed by atoms with Crippen molar-refractivity contribution in [1.29, 1.82) is 0 Å². The van der Waals surface area contributed by atoms with E-state index in [2.05, 4.69) is 39.8 Å². The number of carbonyl (C=O) groups excluding carboxylic acids is 2. The van der Waals surface area contributed by atoms with Gasteiger partial charge in [-0.05, 0) is 30.7 Å². The molecule has 30 heavy (non-hydrogen) atoms. The van der Waals surface area contributed by atoms with Crippen molar-refractivity contribution in [3.63, 3.8) is 0 Å². The molecule has 2 aromatic rings. The van der Waals surface area contributed by atoms with Gasteiger partial charge in [0.1, 0.15) is 11.8 Å². The number of methoxy groups -OCH3 is 1. The van der Waals surface area contributed by atoms with Crippen LogP contribution in [0.15, 0.2) is 48.5 Å². The molecule has 0 spiro atoms. The molecule has 2 aromatic carbocycles. The number of anilines is 2. The van der Waals surface area contributed by atoms with Gasteiger partial charge in [-0.15, -0.1) is 0 Å². The van der Waals surface area contributed by atoms with Crippen molar-refractivity contribution in [2.24, 2.45) is 0 Å². The molecule has 1 unspecified atom stereocenters. The van der Waals surface area contributed by atoms with E-state index in [1.54, 1.807) is 25.3 Å². The smallest absolute Gasteiger partial charge is 0.244 e. The normalized spacial score (nSPS) is 15.4. The average molecular weight is 411 g/mol. The summed E-state index contributed by atoms with van der Waals surface area (Å²) < 4.78 is 5.40. The monoisotopic (exact) mass is 410 g/mol. The molecule has 0 bridgehead atoms. The molecule has 160 valence electrons. The molecular formula is C23H30N4O3. The van der Waals surface area contributed by atoms with Crippen molar-refractivity contribution >= 4 is 23.2 Å². The van der Waals surface area contributed by atoms with Crippen LogP contribution in [0.25, 0.3) is 0 Å². The first kappa shape index (κ1) is 21.6. The van der Waals surface area contributed by atoms with Crippen molar-refractivity contribution in [1.82, 2.24) is 9.80 Å². The summed E-state index contributed by atoms with van der Waals surface area (Å²) >= 11 is 0. The topological polar surface area (TPSA) is 73.9 Å². The molecule has 0 radical (unpaired) electrons. The van der Waals surface area contributed by atoms with Crippen LogP contribution in [-0.4, -0.2) is 60.9 Å². The summed E-state index contributed by atoms with van der Waals surface area (Å²) in [7, 11) is 1.58. The van der Waals surface area contributed by atoms with Crippen LogP contribution in [0.4, 0.5) is 11.4 Å². The number of amides is 2. The lowest BCUT2D eigenvalue weighted by Crippen LogP contribution is -2.51. The molecule has 0 aliphatic carbocycles. The Morgan fingerprint density at radius 2 is 1.77 bits per heavy atom. The van der Waals surface area contributed by atoms with Gasteiger partial charge < -0.3 is 20.3 Å². The van der Waals surface area contributed by atoms with E-state index in [9.17, 15) is 9.59 Å². The van der Waals surface area contributed by atoms with Gasteiger partial charge in [0.2, 0.25) is 11.8 Å². The van der Waals surface area contributed by atoms with Gasteiger partial charge >= 0.3 is 0 Å². The summed E-state index contributed by atoms with van der Waals surface area (Å²) in [6.07, 6.45) is 0. The SMILES string of the molecule is COc1ccc(NC(C)=O)cc1NC(C)C(=O)N1CCN(Cc2ccccc2)CC1. The molecule has 1 fully saturated rings. The second-order valence-electron chi connectivity index (χ2n) is 7.55. The molecule has 1 atom stereocenters. The number of nitrogens with zero attached hydrogens (tertiary/aromatic N) is 2. The van der Waals surface area contributed by atoms with E-state index >= 15 is 0 Å². The molecule has 7 heteroatoms. The average Bonchev–Trinajstić information content (AvgIpc) is 2.74. The molecule has 0 aromatic heterocycles. The first-order chi connectivity index (χ1) is 14.5. The van der Waals surface area contributed by atoms with Gasteiger partial charge in [0, 0.05) is 45.3 Å². The zero-order chi connectivity index (χ0) is 21.5. The Morgan fingerprint density at radius 1 is 1.07 bits per heavy atom. The molecular weight excluding hydrogens is 380 g/mol. The molecule has 2 amide bonds. The lowest BCUT2D eigenvalue weighted by atomic mass is 10.1. The highest BCUT2D eigenvalue weighted by Crippen LogP contribution is 2.28. The molecule has 3 rings (SSSR count). The highest BCUT2D eigenvalue weighted by Gasteiger charge is 2.25. The van der Waals surface area contributed by atoms with Crippen LogP contribution in [-0.2, 0) is 16.1 Å². The summed E-state index contributed by atoms with van der Waals surface area (Å²) in [5, 5.41) is 5.99. The highest BCUT2D eigenvalue weighted by atomic mass is 16.5. The molecule has 1 saturated heterocycles. The lowest BCUT2D eigenvalue weighted by Gasteiger charge is -2.36. The molecule has 0 saturated carbocycles. The molecule has 2 N–H and O–H groups in total. The first-order valence-corrected chi connectivity index (χ1v) is 10.2. The summed E-state index contributed by atoms with van der Waals surface area (Å²) in [4.78, 5) is 28.6. The second kappa shape index (κ2) is 10.1. The first-order valence-electron chi connectivity index (χ1n) is 10.2. The van der Waals surface area contributed by atoms with Gasteiger partial charge in [-0.2, -0.15) is 0 Å². The van der Waals surface area contributed by atoms with Crippen LogP contribution in [0.1, 0.15) is 19.4 Å². The molecule has 7 nitrogen and oxygen atoms in total. The van der Waals surface area contributed by atoms with Gasteiger partial charge in [0.05, 0.1) is 12.8 Å². The Hall–Kier alpha value is -3.06. The third kappa shape index (κ3) is 5.73. The number of hydrogen-bond acceptors (Lipinski definition) is 5. The number of hydrogen-bond donors (Lipinski definition) is 2. The maximum atomic E-state index is 13.0. The van der Waals surface area contributed by atoms with Crippen LogP contribution in [0, 0.1) is 0 Å². The highest BCUT2D eigenvalue weighted by molar-refractivity contribution is 5.90. The standard InChI is InChI=1S/C23H30N4O3/c1-17(24-21-15-20(25-18(2)28)9-10-22(21)30-3)23(29)27-13-11-26(12-14-27)16-19-7-5-4-6-8-19/h4-10,15,17,24H,11-14,16H2,1-3H3,(H,25,28). The summed E-state index contributed by atoms with van der Waals surface area (Å²) in [5.74, 6) is 0.529. The van der Waals surface area contributed by atoms with Crippen molar-refractivity contribution in [2.75, 3.05) is 43.9 Å². The fourth-order valence-corrected chi connectivity index (χ4v) is 3.64. The predicted molar refractivity (Wildman–Crippen MR) is 119 cm³/mol. The van der Waals surface area contributed by atoms with Crippen LogP contribution in [0.5, 0.6) is 5.75 Å². The van der Waals surface area contributed by atoms with E-state index in [1.165, 1.54) is 12.5 Å². The zero-order valence-electron chi connectivity index (χ0n) is 17.9. The predicted octanol–water partition coefficient (Wildman–Crippen LogP) is 2.80. The number of benzene rings is 2. The van der Waals surface area contributed by atoms with Gasteiger partial charge in [0.25, 0.3) is 0 Å². The van der Waals surface area contributed by atoms with E-state index < -0.39 is 6.04 Å². The van der Waals surface area contributed by atoms with Crippen LogP contribution >= 0.6 is 0 Å². The maximum absolute atomic E-state index is 13.0. The zero-order valence-corrected chi connectivity index (χ0v) is 17.9. The molecule has 1 heterocycles. The third-order valence-corrected chi connectivity index (χ3v) is 5.20. The van der Waals surface area contributed by atoms with Gasteiger partial charge in [-0.25, -0.2) is 0 Å². The van der Waals surface area contributed by atoms with Crippen molar-refractivity contribution in [3.8, 4) is 5.75 Å². The number of rotatable bonds is 7. The fraction of sp³-hybridized carbons (Fsp3) is 0.391. The minimum atomic E-state index is -0.410. The van der Waals surface area contributed by atoms with E-state index in [4.69, 9.17) is 4.74 Å². The number of ether oxygens (including phenoxy) is 1. The summed E-state index contributed by atoms with van der Waals surface area (Å²) in [5.41, 5.74) is 2.62. The Morgan fingerprint density at radius 3 is 2.40 bits per heavy atom. The minimum Gasteiger partial charge on any atom is -0.495 e. The Bertz CT molecular complexity index is 864.